The molecule has 0 aromatic heterocycles. The van der Waals surface area contributed by atoms with Crippen molar-refractivity contribution in [3.63, 3.8) is 0 Å². The maximum Gasteiger partial charge on any atom is 0.253 e. The number of nitrogens with zero attached hydrogens (tertiary/aromatic N) is 1. The Morgan fingerprint density at radius 2 is 2.05 bits per heavy atom. The van der Waals surface area contributed by atoms with Gasteiger partial charge in [0.1, 0.15) is 0 Å². The Morgan fingerprint density at radius 1 is 1.33 bits per heavy atom. The van der Waals surface area contributed by atoms with Crippen molar-refractivity contribution in [2.75, 3.05) is 25.0 Å². The number of piperidine rings is 1. The van der Waals surface area contributed by atoms with Crippen molar-refractivity contribution in [1.29, 1.82) is 0 Å². The molecule has 0 saturated carbocycles. The molecule has 0 spiro atoms. The molecule has 3 N–H and O–H groups in total. The highest BCUT2D eigenvalue weighted by Gasteiger charge is 2.22. The van der Waals surface area contributed by atoms with Crippen LogP contribution in [0.5, 0.6) is 0 Å². The molecular formula is C16H23N3O2. The number of nitrogens with two attached hydrogens (primary N) is 1. The third-order valence-corrected chi connectivity index (χ3v) is 3.95. The molecule has 1 aromatic rings. The minimum absolute atomic E-state index is 0.0260. The van der Waals surface area contributed by atoms with E-state index in [4.69, 9.17) is 5.73 Å². The monoisotopic (exact) mass is 289 g/mol. The smallest absolute Gasteiger partial charge is 0.253 e. The number of likely N-dealkylation sites (tertiary alicyclic amines) is 1. The second-order valence-electron chi connectivity index (χ2n) is 5.45. The zero-order chi connectivity index (χ0) is 15.2. The quantitative estimate of drug-likeness (QED) is 0.888. The van der Waals surface area contributed by atoms with Gasteiger partial charge in [0.2, 0.25) is 5.91 Å². The van der Waals surface area contributed by atoms with Gasteiger partial charge in [-0.2, -0.15) is 0 Å². The zero-order valence-corrected chi connectivity index (χ0v) is 12.5. The van der Waals surface area contributed by atoms with E-state index in [-0.39, 0.29) is 11.8 Å². The van der Waals surface area contributed by atoms with E-state index in [2.05, 4.69) is 5.32 Å². The predicted octanol–water partition coefficient (Wildman–Crippen LogP) is 1.85. The average Bonchev–Trinajstić information content (AvgIpc) is 2.54. The van der Waals surface area contributed by atoms with E-state index in [0.717, 1.165) is 25.9 Å². The lowest BCUT2D eigenvalue weighted by molar-refractivity contribution is -0.115. The first-order valence-electron chi connectivity index (χ1n) is 7.53. The van der Waals surface area contributed by atoms with E-state index in [1.807, 2.05) is 4.90 Å². The molecule has 0 bridgehead atoms. The minimum atomic E-state index is -0.0524. The van der Waals surface area contributed by atoms with Gasteiger partial charge in [-0.3, -0.25) is 9.59 Å². The Hall–Kier alpha value is -1.88. The molecule has 114 valence electrons. The minimum Gasteiger partial charge on any atom is -0.339 e. The van der Waals surface area contributed by atoms with Crippen molar-refractivity contribution in [2.45, 2.75) is 26.2 Å². The summed E-state index contributed by atoms with van der Waals surface area (Å²) in [5, 5.41) is 2.78. The van der Waals surface area contributed by atoms with Gasteiger partial charge >= 0.3 is 0 Å². The first kappa shape index (κ1) is 15.5. The third kappa shape index (κ3) is 4.04. The summed E-state index contributed by atoms with van der Waals surface area (Å²) in [6.45, 7) is 4.00. The first-order chi connectivity index (χ1) is 10.1. The highest BCUT2D eigenvalue weighted by Crippen LogP contribution is 2.19. The van der Waals surface area contributed by atoms with Crippen LogP contribution in [0.25, 0.3) is 0 Å². The predicted molar refractivity (Wildman–Crippen MR) is 83.0 cm³/mol. The van der Waals surface area contributed by atoms with Crippen LogP contribution in [-0.2, 0) is 4.79 Å². The highest BCUT2D eigenvalue weighted by molar-refractivity contribution is 5.97. The van der Waals surface area contributed by atoms with Gasteiger partial charge in [0.05, 0.1) is 0 Å². The highest BCUT2D eigenvalue weighted by atomic mass is 16.2. The van der Waals surface area contributed by atoms with Crippen molar-refractivity contribution in [3.05, 3.63) is 29.8 Å². The van der Waals surface area contributed by atoms with Gasteiger partial charge in [-0.25, -0.2) is 0 Å². The zero-order valence-electron chi connectivity index (χ0n) is 12.5. The lowest BCUT2D eigenvalue weighted by Crippen LogP contribution is -2.40. The molecule has 1 aliphatic rings. The number of carbonyl (C=O) groups is 2. The number of hydrogen-bond acceptors (Lipinski definition) is 3. The van der Waals surface area contributed by atoms with E-state index in [1.165, 1.54) is 0 Å². The molecule has 1 fully saturated rings. The van der Waals surface area contributed by atoms with E-state index < -0.39 is 0 Å². The average molecular weight is 289 g/mol. The summed E-state index contributed by atoms with van der Waals surface area (Å²) in [5.74, 6) is 0.505. The van der Waals surface area contributed by atoms with Crippen molar-refractivity contribution in [3.8, 4) is 0 Å². The van der Waals surface area contributed by atoms with Gasteiger partial charge in [0, 0.05) is 30.8 Å². The number of rotatable bonds is 4. The molecule has 0 radical (unpaired) electrons. The molecule has 5 nitrogen and oxygen atoms in total. The van der Waals surface area contributed by atoms with Crippen molar-refractivity contribution in [1.82, 2.24) is 4.90 Å². The Labute approximate surface area is 125 Å². The van der Waals surface area contributed by atoms with Crippen molar-refractivity contribution in [2.24, 2.45) is 11.7 Å². The Morgan fingerprint density at radius 3 is 2.67 bits per heavy atom. The largest absolute Gasteiger partial charge is 0.339 e. The van der Waals surface area contributed by atoms with Crippen LogP contribution < -0.4 is 11.1 Å². The van der Waals surface area contributed by atoms with Crippen molar-refractivity contribution < 1.29 is 9.59 Å². The molecule has 1 aliphatic heterocycles. The summed E-state index contributed by atoms with van der Waals surface area (Å²) in [6.07, 6.45) is 2.35. The molecule has 5 heteroatoms. The fraction of sp³-hybridized carbons (Fsp3) is 0.500. The van der Waals surface area contributed by atoms with Crippen LogP contribution in [0.2, 0.25) is 0 Å². The number of anilines is 1. The number of hydrogen-bond donors (Lipinski definition) is 2. The normalized spacial score (nSPS) is 15.8. The molecule has 0 unspecified atom stereocenters. The fourth-order valence-electron chi connectivity index (χ4n) is 2.53. The maximum atomic E-state index is 12.5. The maximum absolute atomic E-state index is 12.5. The summed E-state index contributed by atoms with van der Waals surface area (Å²) in [7, 11) is 0. The van der Waals surface area contributed by atoms with Crippen LogP contribution >= 0.6 is 0 Å². The van der Waals surface area contributed by atoms with Crippen molar-refractivity contribution >= 4 is 17.5 Å². The van der Waals surface area contributed by atoms with E-state index in [1.54, 1.807) is 31.2 Å². The summed E-state index contributed by atoms with van der Waals surface area (Å²) in [4.78, 5) is 25.8. The number of nitrogens with one attached hydrogen (secondary N) is 1. The van der Waals surface area contributed by atoms with Crippen LogP contribution in [-0.4, -0.2) is 36.3 Å². The van der Waals surface area contributed by atoms with E-state index in [9.17, 15) is 9.59 Å². The van der Waals surface area contributed by atoms with E-state index >= 15 is 0 Å². The van der Waals surface area contributed by atoms with Crippen LogP contribution in [0.3, 0.4) is 0 Å². The number of carbonyl (C=O) groups excluding carboxylic acids is 2. The standard InChI is InChI=1S/C16H23N3O2/c1-2-15(20)18-14-5-3-4-13(10-14)16(21)19-8-6-12(11-17)7-9-19/h3-5,10,12H,2,6-9,11,17H2,1H3,(H,18,20). The van der Waals surface area contributed by atoms with Crippen LogP contribution in [0.15, 0.2) is 24.3 Å². The molecule has 2 amide bonds. The number of benzene rings is 1. The lowest BCUT2D eigenvalue weighted by atomic mass is 9.96. The summed E-state index contributed by atoms with van der Waals surface area (Å²) < 4.78 is 0. The lowest BCUT2D eigenvalue weighted by Gasteiger charge is -2.31. The van der Waals surface area contributed by atoms with Gasteiger partial charge in [-0.05, 0) is 43.5 Å². The Bertz CT molecular complexity index is 508. The Kier molecular flexibility index (Phi) is 5.33. The molecule has 1 aromatic carbocycles. The van der Waals surface area contributed by atoms with Gasteiger partial charge in [-0.1, -0.05) is 13.0 Å². The summed E-state index contributed by atoms with van der Waals surface area (Å²) in [6, 6.07) is 7.13. The second-order valence-corrected chi connectivity index (χ2v) is 5.45. The SMILES string of the molecule is CCC(=O)Nc1cccc(C(=O)N2CCC(CN)CC2)c1. The molecular weight excluding hydrogens is 266 g/mol. The van der Waals surface area contributed by atoms with Crippen LogP contribution in [0.1, 0.15) is 36.5 Å². The molecule has 1 heterocycles. The van der Waals surface area contributed by atoms with E-state index in [0.29, 0.717) is 30.1 Å². The van der Waals surface area contributed by atoms with Gasteiger partial charge in [0.25, 0.3) is 5.91 Å². The van der Waals surface area contributed by atoms with Gasteiger partial charge in [0.15, 0.2) is 0 Å². The molecule has 0 aliphatic carbocycles. The first-order valence-corrected chi connectivity index (χ1v) is 7.53. The van der Waals surface area contributed by atoms with Crippen LogP contribution in [0, 0.1) is 5.92 Å². The molecule has 2 rings (SSSR count). The van der Waals surface area contributed by atoms with Gasteiger partial charge < -0.3 is 16.0 Å². The molecule has 0 atom stereocenters. The topological polar surface area (TPSA) is 75.4 Å². The summed E-state index contributed by atoms with van der Waals surface area (Å²) >= 11 is 0. The molecule has 1 saturated heterocycles. The number of amides is 2. The fourth-order valence-corrected chi connectivity index (χ4v) is 2.53. The summed E-state index contributed by atoms with van der Waals surface area (Å²) in [5.41, 5.74) is 6.96. The third-order valence-electron chi connectivity index (χ3n) is 3.95. The Balaban J connectivity index is 2.02. The second kappa shape index (κ2) is 7.22. The van der Waals surface area contributed by atoms with Gasteiger partial charge in [-0.15, -0.1) is 0 Å². The molecule has 21 heavy (non-hydrogen) atoms. The van der Waals surface area contributed by atoms with Crippen LogP contribution in [0.4, 0.5) is 5.69 Å².